The van der Waals surface area contributed by atoms with Crippen molar-refractivity contribution in [3.05, 3.63) is 82.9 Å². The maximum Gasteiger partial charge on any atom is 0.328 e. The molecule has 5 aromatic rings. The summed E-state index contributed by atoms with van der Waals surface area (Å²) in [7, 11) is 0. The van der Waals surface area contributed by atoms with Gasteiger partial charge in [-0.1, -0.05) is 12.1 Å². The fourth-order valence-corrected chi connectivity index (χ4v) is 3.52. The van der Waals surface area contributed by atoms with E-state index in [2.05, 4.69) is 25.1 Å². The van der Waals surface area contributed by atoms with Crippen LogP contribution in [0.5, 0.6) is 5.75 Å². The Balaban J connectivity index is 1.52. The summed E-state index contributed by atoms with van der Waals surface area (Å²) in [6.07, 6.45) is 4.61. The summed E-state index contributed by atoms with van der Waals surface area (Å²) in [5.74, 6) is 0.269. The van der Waals surface area contributed by atoms with E-state index in [4.69, 9.17) is 4.74 Å². The summed E-state index contributed by atoms with van der Waals surface area (Å²) >= 11 is 0. The van der Waals surface area contributed by atoms with Gasteiger partial charge >= 0.3 is 5.69 Å². The van der Waals surface area contributed by atoms with Gasteiger partial charge < -0.3 is 9.72 Å². The minimum atomic E-state index is -0.414. The maximum atomic E-state index is 13.8. The number of H-pyrrole nitrogens is 1. The first-order chi connectivity index (χ1) is 16.0. The lowest BCUT2D eigenvalue weighted by Crippen LogP contribution is -2.18. The number of ether oxygens (including phenoxy) is 1. The first kappa shape index (κ1) is 20.6. The van der Waals surface area contributed by atoms with E-state index in [-0.39, 0.29) is 11.8 Å². The lowest BCUT2D eigenvalue weighted by Gasteiger charge is -2.13. The molecule has 0 atom stereocenters. The highest BCUT2D eigenvalue weighted by atomic mass is 19.1. The van der Waals surface area contributed by atoms with Crippen LogP contribution in [0.3, 0.4) is 0 Å². The van der Waals surface area contributed by atoms with Crippen molar-refractivity contribution in [2.24, 2.45) is 0 Å². The number of halogens is 1. The molecule has 0 saturated carbocycles. The van der Waals surface area contributed by atoms with Crippen LogP contribution in [0.25, 0.3) is 28.2 Å². The standard InChI is InChI=1S/C23H20FN7O2/c1-14(2)33-20-11-16(24)5-8-18(20)21-25-12-19-22(29-21)30(23(32)28-19)13-15-3-6-17(7-4-15)31-26-9-10-27-31/h3-12,14H,13H2,1-2H3,(H,28,32). The number of aromatic amines is 1. The van der Waals surface area contributed by atoms with Gasteiger partial charge in [-0.25, -0.2) is 19.2 Å². The van der Waals surface area contributed by atoms with E-state index in [1.54, 1.807) is 24.7 Å². The van der Waals surface area contributed by atoms with E-state index >= 15 is 0 Å². The van der Waals surface area contributed by atoms with Crippen LogP contribution in [0.15, 0.2) is 65.8 Å². The normalized spacial score (nSPS) is 11.4. The Morgan fingerprint density at radius 1 is 1.09 bits per heavy atom. The van der Waals surface area contributed by atoms with Gasteiger partial charge in [-0.05, 0) is 43.7 Å². The average molecular weight is 445 g/mol. The molecule has 2 aromatic carbocycles. The van der Waals surface area contributed by atoms with Gasteiger partial charge in [0.1, 0.15) is 17.1 Å². The van der Waals surface area contributed by atoms with Crippen molar-refractivity contribution in [3.63, 3.8) is 0 Å². The van der Waals surface area contributed by atoms with Crippen LogP contribution in [-0.2, 0) is 6.54 Å². The first-order valence-corrected chi connectivity index (χ1v) is 10.4. The molecule has 0 spiro atoms. The number of hydrogen-bond donors (Lipinski definition) is 1. The van der Waals surface area contributed by atoms with Crippen LogP contribution in [0, 0.1) is 5.82 Å². The number of hydrogen-bond acceptors (Lipinski definition) is 6. The molecule has 0 amide bonds. The molecule has 3 heterocycles. The molecule has 166 valence electrons. The van der Waals surface area contributed by atoms with Crippen molar-refractivity contribution in [3.8, 4) is 22.8 Å². The molecule has 3 aromatic heterocycles. The predicted molar refractivity (Wildman–Crippen MR) is 120 cm³/mol. The van der Waals surface area contributed by atoms with Gasteiger partial charge in [0, 0.05) is 6.07 Å². The van der Waals surface area contributed by atoms with E-state index in [0.29, 0.717) is 34.8 Å². The summed E-state index contributed by atoms with van der Waals surface area (Å²) in [4.78, 5) is 25.9. The van der Waals surface area contributed by atoms with Crippen LogP contribution < -0.4 is 10.4 Å². The number of rotatable bonds is 6. The SMILES string of the molecule is CC(C)Oc1cc(F)ccc1-c1ncc2[nH]c(=O)n(Cc3ccc(-n4nccn4)cc3)c2n1. The number of imidazole rings is 1. The second-order valence-corrected chi connectivity index (χ2v) is 7.74. The summed E-state index contributed by atoms with van der Waals surface area (Å²) in [5.41, 5.74) is 2.92. The molecule has 0 saturated heterocycles. The van der Waals surface area contributed by atoms with Gasteiger partial charge in [0.05, 0.1) is 42.5 Å². The summed E-state index contributed by atoms with van der Waals surface area (Å²) in [6, 6.07) is 11.8. The minimum absolute atomic E-state index is 0.153. The predicted octanol–water partition coefficient (Wildman–Crippen LogP) is 3.34. The second-order valence-electron chi connectivity index (χ2n) is 7.74. The molecular weight excluding hydrogens is 425 g/mol. The van der Waals surface area contributed by atoms with E-state index in [0.717, 1.165) is 11.3 Å². The van der Waals surface area contributed by atoms with Gasteiger partial charge in [0.2, 0.25) is 0 Å². The summed E-state index contributed by atoms with van der Waals surface area (Å²) in [6.45, 7) is 4.02. The molecule has 9 nitrogen and oxygen atoms in total. The fourth-order valence-electron chi connectivity index (χ4n) is 3.52. The lowest BCUT2D eigenvalue weighted by atomic mass is 10.1. The molecule has 1 N–H and O–H groups in total. The van der Waals surface area contributed by atoms with E-state index in [1.165, 1.54) is 21.5 Å². The molecule has 0 aliphatic heterocycles. The summed E-state index contributed by atoms with van der Waals surface area (Å²) < 4.78 is 21.1. The topological polar surface area (TPSA) is 104 Å². The molecule has 0 fully saturated rings. The second kappa shape index (κ2) is 8.30. The molecular formula is C23H20FN7O2. The molecule has 5 rings (SSSR count). The van der Waals surface area contributed by atoms with Gasteiger partial charge in [-0.15, -0.1) is 0 Å². The zero-order chi connectivity index (χ0) is 22.9. The smallest absolute Gasteiger partial charge is 0.328 e. The average Bonchev–Trinajstić information content (AvgIpc) is 3.43. The highest BCUT2D eigenvalue weighted by Gasteiger charge is 2.16. The molecule has 10 heteroatoms. The van der Waals surface area contributed by atoms with Crippen LogP contribution >= 0.6 is 0 Å². The van der Waals surface area contributed by atoms with Crippen molar-refractivity contribution in [2.45, 2.75) is 26.5 Å². The first-order valence-electron chi connectivity index (χ1n) is 10.4. The largest absolute Gasteiger partial charge is 0.490 e. The van der Waals surface area contributed by atoms with E-state index < -0.39 is 5.82 Å². The lowest BCUT2D eigenvalue weighted by molar-refractivity contribution is 0.242. The van der Waals surface area contributed by atoms with Gasteiger partial charge in [0.15, 0.2) is 11.5 Å². The van der Waals surface area contributed by atoms with Crippen LogP contribution in [0.1, 0.15) is 19.4 Å². The van der Waals surface area contributed by atoms with Crippen molar-refractivity contribution < 1.29 is 9.13 Å². The Morgan fingerprint density at radius 3 is 2.58 bits per heavy atom. The highest BCUT2D eigenvalue weighted by molar-refractivity contribution is 5.74. The molecule has 0 aliphatic rings. The summed E-state index contributed by atoms with van der Waals surface area (Å²) in [5, 5.41) is 8.22. The van der Waals surface area contributed by atoms with Crippen LogP contribution in [0.4, 0.5) is 4.39 Å². The monoisotopic (exact) mass is 445 g/mol. The zero-order valence-electron chi connectivity index (χ0n) is 17.9. The number of aromatic nitrogens is 7. The van der Waals surface area contributed by atoms with Crippen molar-refractivity contribution >= 4 is 11.2 Å². The van der Waals surface area contributed by atoms with Gasteiger partial charge in [-0.3, -0.25) is 4.57 Å². The number of benzene rings is 2. The Morgan fingerprint density at radius 2 is 1.85 bits per heavy atom. The van der Waals surface area contributed by atoms with Crippen molar-refractivity contribution in [2.75, 3.05) is 0 Å². The van der Waals surface area contributed by atoms with Crippen LogP contribution in [-0.4, -0.2) is 40.6 Å². The zero-order valence-corrected chi connectivity index (χ0v) is 17.9. The quantitative estimate of drug-likeness (QED) is 0.430. The number of fused-ring (bicyclic) bond motifs is 1. The Labute approximate surface area is 187 Å². The highest BCUT2D eigenvalue weighted by Crippen LogP contribution is 2.30. The van der Waals surface area contributed by atoms with Gasteiger partial charge in [-0.2, -0.15) is 15.0 Å². The molecule has 33 heavy (non-hydrogen) atoms. The van der Waals surface area contributed by atoms with E-state index in [1.807, 2.05) is 38.1 Å². The third-order valence-electron chi connectivity index (χ3n) is 4.99. The molecule has 0 bridgehead atoms. The van der Waals surface area contributed by atoms with Crippen molar-refractivity contribution in [1.29, 1.82) is 0 Å². The third kappa shape index (κ3) is 4.10. The molecule has 0 aliphatic carbocycles. The fraction of sp³-hybridized carbons (Fsp3) is 0.174. The van der Waals surface area contributed by atoms with Crippen molar-refractivity contribution in [1.82, 2.24) is 34.5 Å². The molecule has 0 unspecified atom stereocenters. The Kier molecular flexibility index (Phi) is 5.17. The van der Waals surface area contributed by atoms with Crippen LogP contribution in [0.2, 0.25) is 0 Å². The minimum Gasteiger partial charge on any atom is -0.490 e. The Bertz CT molecular complexity index is 1470. The third-order valence-corrected chi connectivity index (χ3v) is 4.99. The maximum absolute atomic E-state index is 13.8. The van der Waals surface area contributed by atoms with Gasteiger partial charge in [0.25, 0.3) is 0 Å². The van der Waals surface area contributed by atoms with E-state index in [9.17, 15) is 9.18 Å². The Hall–Kier alpha value is -4.34. The number of nitrogens with one attached hydrogen (secondary N) is 1. The molecule has 0 radical (unpaired) electrons. The number of nitrogens with zero attached hydrogens (tertiary/aromatic N) is 6.